The van der Waals surface area contributed by atoms with Crippen LogP contribution < -0.4 is 4.90 Å². The fourth-order valence-corrected chi connectivity index (χ4v) is 2.80. The van der Waals surface area contributed by atoms with Crippen molar-refractivity contribution in [3.05, 3.63) is 23.9 Å². The van der Waals surface area contributed by atoms with Crippen LogP contribution in [-0.2, 0) is 9.53 Å². The molecule has 2 aliphatic rings. The average Bonchev–Trinajstić information content (AvgIpc) is 3.09. The summed E-state index contributed by atoms with van der Waals surface area (Å²) in [5.74, 6) is 1.06. The Morgan fingerprint density at radius 1 is 1.38 bits per heavy atom. The number of rotatable bonds is 2. The van der Waals surface area contributed by atoms with Crippen LogP contribution in [0.1, 0.15) is 12.0 Å². The van der Waals surface area contributed by atoms with Gasteiger partial charge in [0.05, 0.1) is 24.2 Å². The van der Waals surface area contributed by atoms with Crippen LogP contribution in [0.3, 0.4) is 0 Å². The number of hydrogen-bond donors (Lipinski definition) is 0. The maximum Gasteiger partial charge on any atom is 0.228 e. The zero-order chi connectivity index (χ0) is 14.7. The molecular formula is C15H18N4O2. The number of piperazine rings is 1. The minimum Gasteiger partial charge on any atom is -0.381 e. The quantitative estimate of drug-likeness (QED) is 0.798. The second-order valence-electron chi connectivity index (χ2n) is 5.39. The molecule has 1 aromatic rings. The van der Waals surface area contributed by atoms with Crippen molar-refractivity contribution in [1.29, 1.82) is 5.26 Å². The zero-order valence-corrected chi connectivity index (χ0v) is 11.9. The summed E-state index contributed by atoms with van der Waals surface area (Å²) in [6.07, 6.45) is 2.49. The third kappa shape index (κ3) is 2.98. The minimum atomic E-state index is 0.0385. The van der Waals surface area contributed by atoms with Crippen LogP contribution in [0.4, 0.5) is 5.82 Å². The summed E-state index contributed by atoms with van der Waals surface area (Å²) < 4.78 is 5.29. The van der Waals surface area contributed by atoms with E-state index in [1.165, 1.54) is 0 Å². The van der Waals surface area contributed by atoms with Crippen molar-refractivity contribution in [2.45, 2.75) is 6.42 Å². The lowest BCUT2D eigenvalue weighted by molar-refractivity contribution is -0.135. The predicted molar refractivity (Wildman–Crippen MR) is 76.7 cm³/mol. The topological polar surface area (TPSA) is 69.5 Å². The molecule has 1 aromatic heterocycles. The van der Waals surface area contributed by atoms with Crippen LogP contribution in [0.2, 0.25) is 0 Å². The first kappa shape index (κ1) is 13.8. The highest BCUT2D eigenvalue weighted by Crippen LogP contribution is 2.19. The van der Waals surface area contributed by atoms with E-state index in [1.807, 2.05) is 4.90 Å². The summed E-state index contributed by atoms with van der Waals surface area (Å²) in [7, 11) is 0. The zero-order valence-electron chi connectivity index (χ0n) is 11.9. The smallest absolute Gasteiger partial charge is 0.228 e. The number of ether oxygens (including phenoxy) is 1. The van der Waals surface area contributed by atoms with Gasteiger partial charge in [0.25, 0.3) is 0 Å². The molecular weight excluding hydrogens is 268 g/mol. The number of hydrogen-bond acceptors (Lipinski definition) is 5. The number of nitriles is 1. The molecule has 3 rings (SSSR count). The Balaban J connectivity index is 1.59. The summed E-state index contributed by atoms with van der Waals surface area (Å²) in [6.45, 7) is 4.16. The molecule has 6 heteroatoms. The van der Waals surface area contributed by atoms with Gasteiger partial charge in [-0.05, 0) is 18.6 Å². The van der Waals surface area contributed by atoms with E-state index in [4.69, 9.17) is 10.00 Å². The van der Waals surface area contributed by atoms with Crippen molar-refractivity contribution >= 4 is 11.7 Å². The average molecular weight is 286 g/mol. The van der Waals surface area contributed by atoms with Crippen molar-refractivity contribution < 1.29 is 9.53 Å². The highest BCUT2D eigenvalue weighted by atomic mass is 16.5. The third-order valence-electron chi connectivity index (χ3n) is 4.07. The van der Waals surface area contributed by atoms with Crippen molar-refractivity contribution in [2.24, 2.45) is 5.92 Å². The van der Waals surface area contributed by atoms with Crippen molar-refractivity contribution in [3.63, 3.8) is 0 Å². The molecule has 2 aliphatic heterocycles. The number of aromatic nitrogens is 1. The SMILES string of the molecule is N#Cc1ccnc(N2CCN(C(=O)C3CCOC3)CC2)c1. The Labute approximate surface area is 123 Å². The molecule has 0 aliphatic carbocycles. The number of anilines is 1. The predicted octanol–water partition coefficient (Wildman–Crippen LogP) is 0.638. The summed E-state index contributed by atoms with van der Waals surface area (Å²) in [5.41, 5.74) is 0.613. The maximum absolute atomic E-state index is 12.3. The van der Waals surface area contributed by atoms with Gasteiger partial charge in [0.2, 0.25) is 5.91 Å². The fraction of sp³-hybridized carbons (Fsp3) is 0.533. The number of carbonyl (C=O) groups excluding carboxylic acids is 1. The molecule has 0 bridgehead atoms. The van der Waals surface area contributed by atoms with E-state index in [1.54, 1.807) is 18.3 Å². The molecule has 0 aromatic carbocycles. The second kappa shape index (κ2) is 6.10. The Morgan fingerprint density at radius 3 is 2.86 bits per heavy atom. The Morgan fingerprint density at radius 2 is 2.19 bits per heavy atom. The van der Waals surface area contributed by atoms with E-state index < -0.39 is 0 Å². The van der Waals surface area contributed by atoms with Crippen LogP contribution in [0.15, 0.2) is 18.3 Å². The Bertz CT molecular complexity index is 555. The van der Waals surface area contributed by atoms with Gasteiger partial charge < -0.3 is 14.5 Å². The summed E-state index contributed by atoms with van der Waals surface area (Å²) >= 11 is 0. The van der Waals surface area contributed by atoms with Gasteiger partial charge in [0.15, 0.2) is 0 Å². The molecule has 0 saturated carbocycles. The lowest BCUT2D eigenvalue weighted by Crippen LogP contribution is -2.50. The summed E-state index contributed by atoms with van der Waals surface area (Å²) in [6, 6.07) is 5.62. The Kier molecular flexibility index (Phi) is 4.02. The van der Waals surface area contributed by atoms with E-state index in [-0.39, 0.29) is 11.8 Å². The molecule has 0 N–H and O–H groups in total. The van der Waals surface area contributed by atoms with Gasteiger partial charge in [0.1, 0.15) is 5.82 Å². The first-order valence-electron chi connectivity index (χ1n) is 7.25. The molecule has 0 radical (unpaired) electrons. The molecule has 0 spiro atoms. The number of carbonyl (C=O) groups is 1. The van der Waals surface area contributed by atoms with Crippen molar-refractivity contribution in [3.8, 4) is 6.07 Å². The molecule has 2 saturated heterocycles. The van der Waals surface area contributed by atoms with Crippen LogP contribution in [0.25, 0.3) is 0 Å². The third-order valence-corrected chi connectivity index (χ3v) is 4.07. The second-order valence-corrected chi connectivity index (χ2v) is 5.39. The van der Waals surface area contributed by atoms with Gasteiger partial charge in [-0.15, -0.1) is 0 Å². The van der Waals surface area contributed by atoms with Crippen LogP contribution in [0, 0.1) is 17.2 Å². The molecule has 2 fully saturated rings. The highest BCUT2D eigenvalue weighted by molar-refractivity contribution is 5.79. The number of amides is 1. The van der Waals surface area contributed by atoms with Crippen molar-refractivity contribution in [2.75, 3.05) is 44.3 Å². The number of nitrogens with zero attached hydrogens (tertiary/aromatic N) is 4. The highest BCUT2D eigenvalue weighted by Gasteiger charge is 2.30. The molecule has 1 unspecified atom stereocenters. The summed E-state index contributed by atoms with van der Waals surface area (Å²) in [5, 5.41) is 8.94. The Hall–Kier alpha value is -2.13. The maximum atomic E-state index is 12.3. The lowest BCUT2D eigenvalue weighted by Gasteiger charge is -2.36. The fourth-order valence-electron chi connectivity index (χ4n) is 2.80. The molecule has 1 atom stereocenters. The standard InChI is InChI=1S/C15H18N4O2/c16-10-12-1-3-17-14(9-12)18-4-6-19(7-5-18)15(20)13-2-8-21-11-13/h1,3,9,13H,2,4-8,11H2. The summed E-state index contributed by atoms with van der Waals surface area (Å²) in [4.78, 5) is 20.7. The van der Waals surface area contributed by atoms with E-state index in [0.717, 1.165) is 25.3 Å². The van der Waals surface area contributed by atoms with Gasteiger partial charge in [0, 0.05) is 39.0 Å². The molecule has 1 amide bonds. The largest absolute Gasteiger partial charge is 0.381 e. The van der Waals surface area contributed by atoms with Gasteiger partial charge in [-0.3, -0.25) is 4.79 Å². The van der Waals surface area contributed by atoms with Crippen LogP contribution in [0.5, 0.6) is 0 Å². The van der Waals surface area contributed by atoms with Gasteiger partial charge in [-0.1, -0.05) is 0 Å². The van der Waals surface area contributed by atoms with E-state index >= 15 is 0 Å². The first-order chi connectivity index (χ1) is 10.3. The van der Waals surface area contributed by atoms with Gasteiger partial charge in [-0.25, -0.2) is 4.98 Å². The van der Waals surface area contributed by atoms with Crippen LogP contribution >= 0.6 is 0 Å². The molecule has 110 valence electrons. The van der Waals surface area contributed by atoms with Crippen LogP contribution in [-0.4, -0.2) is 55.2 Å². The normalized spacial score (nSPS) is 22.1. The first-order valence-corrected chi connectivity index (χ1v) is 7.25. The molecule has 3 heterocycles. The molecule has 6 nitrogen and oxygen atoms in total. The lowest BCUT2D eigenvalue weighted by atomic mass is 10.1. The van der Waals surface area contributed by atoms with E-state index in [9.17, 15) is 4.79 Å². The van der Waals surface area contributed by atoms with E-state index in [0.29, 0.717) is 31.9 Å². The minimum absolute atomic E-state index is 0.0385. The van der Waals surface area contributed by atoms with Gasteiger partial charge in [-0.2, -0.15) is 5.26 Å². The van der Waals surface area contributed by atoms with Crippen molar-refractivity contribution in [1.82, 2.24) is 9.88 Å². The number of pyridine rings is 1. The van der Waals surface area contributed by atoms with Gasteiger partial charge >= 0.3 is 0 Å². The van der Waals surface area contributed by atoms with E-state index in [2.05, 4.69) is 16.0 Å². The molecule has 21 heavy (non-hydrogen) atoms. The monoisotopic (exact) mass is 286 g/mol.